The summed E-state index contributed by atoms with van der Waals surface area (Å²) in [5.41, 5.74) is 4.26. The Morgan fingerprint density at radius 3 is 2.67 bits per heavy atom. The molecule has 1 N–H and O–H groups in total. The maximum absolute atomic E-state index is 3.39. The summed E-state index contributed by atoms with van der Waals surface area (Å²) in [6, 6.07) is 2.65. The summed E-state index contributed by atoms with van der Waals surface area (Å²) in [6.45, 7) is 2.18. The number of hydrogen-bond acceptors (Lipinski definition) is 3. The van der Waals surface area contributed by atoms with Crippen molar-refractivity contribution in [2.45, 2.75) is 19.4 Å². The van der Waals surface area contributed by atoms with E-state index >= 15 is 0 Å². The monoisotopic (exact) mass is 237 g/mol. The van der Waals surface area contributed by atoms with Gasteiger partial charge in [-0.15, -0.1) is 0 Å². The third-order valence-corrected chi connectivity index (χ3v) is 4.25. The van der Waals surface area contributed by atoms with E-state index in [4.69, 9.17) is 0 Å². The molecule has 2 aromatic rings. The number of likely N-dealkylation sites (N-methyl/N-ethyl adjacent to an activating group) is 1. The van der Waals surface area contributed by atoms with Crippen LogP contribution in [0.4, 0.5) is 0 Å². The fourth-order valence-electron chi connectivity index (χ4n) is 1.74. The standard InChI is InChI=1S/C12H15NS2/c1-9-6-15-8-11(9)12(13-2)5-10-3-4-14-7-10/h3-4,6-8,12-13H,5H2,1-2H3. The molecule has 2 rings (SSSR count). The summed E-state index contributed by atoms with van der Waals surface area (Å²) in [5.74, 6) is 0. The molecule has 0 aliphatic carbocycles. The van der Waals surface area contributed by atoms with Crippen molar-refractivity contribution in [3.8, 4) is 0 Å². The van der Waals surface area contributed by atoms with E-state index in [-0.39, 0.29) is 0 Å². The topological polar surface area (TPSA) is 12.0 Å². The first-order valence-electron chi connectivity index (χ1n) is 5.02. The first-order valence-corrected chi connectivity index (χ1v) is 6.91. The second kappa shape index (κ2) is 4.92. The second-order valence-electron chi connectivity index (χ2n) is 3.69. The number of nitrogens with one attached hydrogen (secondary N) is 1. The van der Waals surface area contributed by atoms with Crippen molar-refractivity contribution < 1.29 is 0 Å². The minimum Gasteiger partial charge on any atom is -0.313 e. The van der Waals surface area contributed by atoms with E-state index in [2.05, 4.69) is 39.8 Å². The molecule has 0 aliphatic rings. The predicted octanol–water partition coefficient (Wildman–Crippen LogP) is 3.62. The van der Waals surface area contributed by atoms with Gasteiger partial charge in [0.25, 0.3) is 0 Å². The van der Waals surface area contributed by atoms with Gasteiger partial charge in [-0.2, -0.15) is 22.7 Å². The van der Waals surface area contributed by atoms with Crippen LogP contribution in [-0.4, -0.2) is 7.05 Å². The van der Waals surface area contributed by atoms with Crippen molar-refractivity contribution in [1.29, 1.82) is 0 Å². The normalized spacial score (nSPS) is 12.9. The largest absolute Gasteiger partial charge is 0.313 e. The first kappa shape index (κ1) is 10.9. The van der Waals surface area contributed by atoms with Gasteiger partial charge < -0.3 is 5.32 Å². The summed E-state index contributed by atoms with van der Waals surface area (Å²) in [7, 11) is 2.04. The number of hydrogen-bond donors (Lipinski definition) is 1. The Kier molecular flexibility index (Phi) is 3.57. The zero-order valence-corrected chi connectivity index (χ0v) is 10.6. The molecular formula is C12H15NS2. The molecule has 0 amide bonds. The lowest BCUT2D eigenvalue weighted by Gasteiger charge is -2.15. The zero-order chi connectivity index (χ0) is 10.7. The molecule has 0 fully saturated rings. The Morgan fingerprint density at radius 2 is 2.13 bits per heavy atom. The van der Waals surface area contributed by atoms with Crippen molar-refractivity contribution in [2.24, 2.45) is 0 Å². The van der Waals surface area contributed by atoms with Crippen LogP contribution in [-0.2, 0) is 6.42 Å². The molecule has 2 aromatic heterocycles. The maximum atomic E-state index is 3.39. The Morgan fingerprint density at radius 1 is 1.27 bits per heavy atom. The van der Waals surface area contributed by atoms with Crippen LogP contribution in [0.2, 0.25) is 0 Å². The first-order chi connectivity index (χ1) is 7.31. The van der Waals surface area contributed by atoms with Gasteiger partial charge in [-0.1, -0.05) is 0 Å². The molecule has 3 heteroatoms. The Balaban J connectivity index is 2.15. The van der Waals surface area contributed by atoms with E-state index in [9.17, 15) is 0 Å². The highest BCUT2D eigenvalue weighted by Crippen LogP contribution is 2.25. The lowest BCUT2D eigenvalue weighted by atomic mass is 10.0. The van der Waals surface area contributed by atoms with Crippen LogP contribution < -0.4 is 5.32 Å². The minimum absolute atomic E-state index is 0.450. The van der Waals surface area contributed by atoms with Gasteiger partial charge in [0.2, 0.25) is 0 Å². The van der Waals surface area contributed by atoms with Crippen LogP contribution in [0.15, 0.2) is 27.6 Å². The van der Waals surface area contributed by atoms with E-state index in [1.165, 1.54) is 16.7 Å². The summed E-state index contributed by atoms with van der Waals surface area (Å²) in [5, 5.41) is 12.2. The van der Waals surface area contributed by atoms with Gasteiger partial charge in [0.05, 0.1) is 0 Å². The molecule has 0 aromatic carbocycles. The molecule has 2 heterocycles. The number of aryl methyl sites for hydroxylation is 1. The van der Waals surface area contributed by atoms with Crippen molar-refractivity contribution >= 4 is 22.7 Å². The fraction of sp³-hybridized carbons (Fsp3) is 0.333. The lowest BCUT2D eigenvalue weighted by molar-refractivity contribution is 0.592. The van der Waals surface area contributed by atoms with Crippen LogP contribution in [0.1, 0.15) is 22.7 Å². The summed E-state index contributed by atoms with van der Waals surface area (Å²) < 4.78 is 0. The predicted molar refractivity (Wildman–Crippen MR) is 68.9 cm³/mol. The molecule has 0 saturated carbocycles. The average molecular weight is 237 g/mol. The van der Waals surface area contributed by atoms with Crippen LogP contribution in [0.5, 0.6) is 0 Å². The van der Waals surface area contributed by atoms with Crippen LogP contribution in [0.25, 0.3) is 0 Å². The van der Waals surface area contributed by atoms with E-state index < -0.39 is 0 Å². The van der Waals surface area contributed by atoms with Gasteiger partial charge in [-0.25, -0.2) is 0 Å². The third kappa shape index (κ3) is 2.48. The molecule has 1 nitrogen and oxygen atoms in total. The third-order valence-electron chi connectivity index (χ3n) is 2.64. The molecular weight excluding hydrogens is 222 g/mol. The van der Waals surface area contributed by atoms with Crippen LogP contribution >= 0.6 is 22.7 Å². The number of rotatable bonds is 4. The highest BCUT2D eigenvalue weighted by atomic mass is 32.1. The lowest BCUT2D eigenvalue weighted by Crippen LogP contribution is -2.18. The maximum Gasteiger partial charge on any atom is 0.0369 e. The Hall–Kier alpha value is -0.640. The molecule has 1 unspecified atom stereocenters. The van der Waals surface area contributed by atoms with Gasteiger partial charge in [-0.05, 0) is 64.7 Å². The molecule has 0 aliphatic heterocycles. The van der Waals surface area contributed by atoms with Gasteiger partial charge in [0, 0.05) is 6.04 Å². The van der Waals surface area contributed by atoms with Crippen LogP contribution in [0.3, 0.4) is 0 Å². The molecule has 0 bridgehead atoms. The highest BCUT2D eigenvalue weighted by molar-refractivity contribution is 7.08. The molecule has 15 heavy (non-hydrogen) atoms. The quantitative estimate of drug-likeness (QED) is 0.856. The van der Waals surface area contributed by atoms with Gasteiger partial charge in [-0.3, -0.25) is 0 Å². The van der Waals surface area contributed by atoms with E-state index in [0.717, 1.165) is 6.42 Å². The summed E-state index contributed by atoms with van der Waals surface area (Å²) in [6.07, 6.45) is 1.08. The second-order valence-corrected chi connectivity index (χ2v) is 5.21. The van der Waals surface area contributed by atoms with Crippen molar-refractivity contribution in [3.63, 3.8) is 0 Å². The Labute approximate surface area is 98.8 Å². The summed E-state index contributed by atoms with van der Waals surface area (Å²) in [4.78, 5) is 0. The fourth-order valence-corrected chi connectivity index (χ4v) is 3.33. The SMILES string of the molecule is CNC(Cc1ccsc1)c1cscc1C. The number of thiophene rings is 2. The molecule has 0 radical (unpaired) electrons. The molecule has 80 valence electrons. The average Bonchev–Trinajstić information content (AvgIpc) is 2.85. The van der Waals surface area contributed by atoms with Gasteiger partial charge >= 0.3 is 0 Å². The highest BCUT2D eigenvalue weighted by Gasteiger charge is 2.13. The van der Waals surface area contributed by atoms with Crippen molar-refractivity contribution in [2.75, 3.05) is 7.05 Å². The zero-order valence-electron chi connectivity index (χ0n) is 8.99. The summed E-state index contributed by atoms with van der Waals surface area (Å²) >= 11 is 3.55. The van der Waals surface area contributed by atoms with Crippen LogP contribution in [0, 0.1) is 6.92 Å². The van der Waals surface area contributed by atoms with Crippen molar-refractivity contribution in [3.05, 3.63) is 44.3 Å². The molecule has 0 saturated heterocycles. The van der Waals surface area contributed by atoms with E-state index in [0.29, 0.717) is 6.04 Å². The molecule has 1 atom stereocenters. The molecule has 0 spiro atoms. The minimum atomic E-state index is 0.450. The van der Waals surface area contributed by atoms with Crippen molar-refractivity contribution in [1.82, 2.24) is 5.32 Å². The Bertz CT molecular complexity index is 403. The smallest absolute Gasteiger partial charge is 0.0369 e. The van der Waals surface area contributed by atoms with Gasteiger partial charge in [0.15, 0.2) is 0 Å². The van der Waals surface area contributed by atoms with E-state index in [1.807, 2.05) is 7.05 Å². The van der Waals surface area contributed by atoms with Gasteiger partial charge in [0.1, 0.15) is 0 Å². The van der Waals surface area contributed by atoms with E-state index in [1.54, 1.807) is 22.7 Å².